The summed E-state index contributed by atoms with van der Waals surface area (Å²) >= 11 is 6.21. The van der Waals surface area contributed by atoms with Crippen molar-refractivity contribution in [3.8, 4) is 0 Å². The van der Waals surface area contributed by atoms with Crippen molar-refractivity contribution in [1.29, 1.82) is 0 Å². The summed E-state index contributed by atoms with van der Waals surface area (Å²) in [4.78, 5) is 18.1. The zero-order valence-electron chi connectivity index (χ0n) is 12.7. The van der Waals surface area contributed by atoms with Crippen LogP contribution in [0.1, 0.15) is 5.76 Å². The molecule has 6 nitrogen and oxygen atoms in total. The summed E-state index contributed by atoms with van der Waals surface area (Å²) in [6.07, 6.45) is 0. The monoisotopic (exact) mass is 330 g/mol. The molecule has 0 spiro atoms. The van der Waals surface area contributed by atoms with Crippen molar-refractivity contribution in [2.24, 2.45) is 0 Å². The molecule has 0 atom stereocenters. The number of halogens is 1. The molecule has 1 N–H and O–H groups in total. The summed E-state index contributed by atoms with van der Waals surface area (Å²) in [6, 6.07) is 11.3. The number of nitrogens with zero attached hydrogens (tertiary/aromatic N) is 3. The summed E-state index contributed by atoms with van der Waals surface area (Å²) in [5.74, 6) is 1.44. The van der Waals surface area contributed by atoms with Crippen molar-refractivity contribution in [2.75, 3.05) is 23.8 Å². The van der Waals surface area contributed by atoms with E-state index in [1.54, 1.807) is 24.9 Å². The number of likely N-dealkylation sites (N-methyl/N-ethyl adjacent to an activating group) is 1. The third-order valence-corrected chi connectivity index (χ3v) is 3.64. The molecule has 0 saturated heterocycles. The Labute approximate surface area is 138 Å². The smallest absolute Gasteiger partial charge is 0.245 e. The number of hydrogen-bond donors (Lipinski definition) is 1. The van der Waals surface area contributed by atoms with Crippen molar-refractivity contribution in [3.05, 3.63) is 47.3 Å². The van der Waals surface area contributed by atoms with Crippen LogP contribution in [0.5, 0.6) is 0 Å². The van der Waals surface area contributed by atoms with Gasteiger partial charge in [-0.15, -0.1) is 0 Å². The van der Waals surface area contributed by atoms with Gasteiger partial charge in [0.25, 0.3) is 0 Å². The average molecular weight is 331 g/mol. The number of anilines is 2. The molecule has 2 heterocycles. The highest BCUT2D eigenvalue weighted by atomic mass is 35.5. The molecule has 1 amide bonds. The highest BCUT2D eigenvalue weighted by Crippen LogP contribution is 2.25. The van der Waals surface area contributed by atoms with E-state index < -0.39 is 0 Å². The lowest BCUT2D eigenvalue weighted by Crippen LogP contribution is -2.30. The van der Waals surface area contributed by atoms with Crippen LogP contribution in [-0.4, -0.2) is 29.6 Å². The predicted octanol–water partition coefficient (Wildman–Crippen LogP) is 3.26. The largest absolute Gasteiger partial charge is 0.360 e. The summed E-state index contributed by atoms with van der Waals surface area (Å²) in [5, 5.41) is 8.67. The van der Waals surface area contributed by atoms with Gasteiger partial charge in [-0.05, 0) is 18.4 Å². The maximum Gasteiger partial charge on any atom is 0.245 e. The first-order valence-corrected chi connectivity index (χ1v) is 7.40. The molecule has 0 bridgehead atoms. The number of fused-ring (bicyclic) bond motifs is 1. The van der Waals surface area contributed by atoms with Crippen molar-refractivity contribution >= 4 is 39.9 Å². The standard InChI is InChI=1S/C16H15ClN4O2/c1-10-7-13(20-23-10)18-15(22)9-21(2)14-8-11-5-3-4-6-12(11)16(17)19-14/h3-8H,9H2,1-2H3,(H,18,20,22). The minimum absolute atomic E-state index is 0.119. The van der Waals surface area contributed by atoms with E-state index in [0.29, 0.717) is 22.5 Å². The lowest BCUT2D eigenvalue weighted by Gasteiger charge is -2.18. The molecule has 0 saturated carbocycles. The molecular weight excluding hydrogens is 316 g/mol. The van der Waals surface area contributed by atoms with Gasteiger partial charge < -0.3 is 14.7 Å². The van der Waals surface area contributed by atoms with Crippen LogP contribution in [0, 0.1) is 6.92 Å². The maximum atomic E-state index is 12.1. The Balaban J connectivity index is 1.75. The van der Waals surface area contributed by atoms with Gasteiger partial charge in [0.15, 0.2) is 5.82 Å². The molecule has 0 fully saturated rings. The zero-order valence-corrected chi connectivity index (χ0v) is 13.5. The van der Waals surface area contributed by atoms with Crippen LogP contribution in [0.3, 0.4) is 0 Å². The Kier molecular flexibility index (Phi) is 4.16. The zero-order chi connectivity index (χ0) is 16.4. The van der Waals surface area contributed by atoms with Crippen molar-refractivity contribution in [2.45, 2.75) is 6.92 Å². The second-order valence-corrected chi connectivity index (χ2v) is 5.58. The number of nitrogens with one attached hydrogen (secondary N) is 1. The van der Waals surface area contributed by atoms with Crippen molar-refractivity contribution < 1.29 is 9.32 Å². The van der Waals surface area contributed by atoms with Crippen molar-refractivity contribution in [1.82, 2.24) is 10.1 Å². The Bertz CT molecular complexity index is 862. The van der Waals surface area contributed by atoms with Gasteiger partial charge in [0.05, 0.1) is 6.54 Å². The quantitative estimate of drug-likeness (QED) is 0.743. The molecule has 3 aromatic rings. The molecule has 7 heteroatoms. The van der Waals surface area contributed by atoms with E-state index in [0.717, 1.165) is 10.8 Å². The Morgan fingerprint density at radius 2 is 2.13 bits per heavy atom. The molecule has 1 aromatic carbocycles. The van der Waals surface area contributed by atoms with E-state index in [2.05, 4.69) is 15.5 Å². The third kappa shape index (κ3) is 3.43. The molecular formula is C16H15ClN4O2. The van der Waals surface area contributed by atoms with Crippen LogP contribution in [0.2, 0.25) is 5.15 Å². The first-order valence-electron chi connectivity index (χ1n) is 7.02. The fraction of sp³-hybridized carbons (Fsp3) is 0.188. The van der Waals surface area contributed by atoms with Crippen LogP contribution >= 0.6 is 11.6 Å². The predicted molar refractivity (Wildman–Crippen MR) is 89.9 cm³/mol. The SMILES string of the molecule is Cc1cc(NC(=O)CN(C)c2cc3ccccc3c(Cl)n2)no1. The van der Waals surface area contributed by atoms with E-state index in [1.165, 1.54) is 0 Å². The van der Waals surface area contributed by atoms with E-state index in [-0.39, 0.29) is 12.5 Å². The number of amides is 1. The molecule has 0 aliphatic heterocycles. The number of pyridine rings is 1. The molecule has 0 aliphatic rings. The third-order valence-electron chi connectivity index (χ3n) is 3.35. The second kappa shape index (κ2) is 6.26. The number of rotatable bonds is 4. The first kappa shape index (κ1) is 15.3. The highest BCUT2D eigenvalue weighted by molar-refractivity contribution is 6.34. The van der Waals surface area contributed by atoms with Crippen LogP contribution < -0.4 is 10.2 Å². The van der Waals surface area contributed by atoms with Crippen LogP contribution in [0.25, 0.3) is 10.8 Å². The van der Waals surface area contributed by atoms with Gasteiger partial charge in [0.2, 0.25) is 5.91 Å². The maximum absolute atomic E-state index is 12.1. The number of aromatic nitrogens is 2. The number of carbonyl (C=O) groups is 1. The molecule has 3 rings (SSSR count). The molecule has 2 aromatic heterocycles. The van der Waals surface area contributed by atoms with Gasteiger partial charge in [-0.3, -0.25) is 4.79 Å². The van der Waals surface area contributed by atoms with Crippen LogP contribution in [0.4, 0.5) is 11.6 Å². The molecule has 0 radical (unpaired) electrons. The minimum atomic E-state index is -0.216. The Morgan fingerprint density at radius 3 is 2.87 bits per heavy atom. The lowest BCUT2D eigenvalue weighted by atomic mass is 10.2. The van der Waals surface area contributed by atoms with Gasteiger partial charge in [-0.1, -0.05) is 41.0 Å². The van der Waals surface area contributed by atoms with Crippen molar-refractivity contribution in [3.63, 3.8) is 0 Å². The van der Waals surface area contributed by atoms with Gasteiger partial charge in [-0.2, -0.15) is 0 Å². The van der Waals surface area contributed by atoms with E-state index in [1.807, 2.05) is 30.3 Å². The summed E-state index contributed by atoms with van der Waals surface area (Å²) < 4.78 is 4.91. The Hall–Kier alpha value is -2.60. The Morgan fingerprint density at radius 1 is 1.35 bits per heavy atom. The fourth-order valence-electron chi connectivity index (χ4n) is 2.24. The normalized spacial score (nSPS) is 10.7. The fourth-order valence-corrected chi connectivity index (χ4v) is 2.50. The number of hydrogen-bond acceptors (Lipinski definition) is 5. The molecule has 23 heavy (non-hydrogen) atoms. The number of carbonyl (C=O) groups excluding carboxylic acids is 1. The van der Waals surface area contributed by atoms with E-state index in [4.69, 9.17) is 16.1 Å². The molecule has 0 aliphatic carbocycles. The van der Waals surface area contributed by atoms with Crippen LogP contribution in [0.15, 0.2) is 40.9 Å². The lowest BCUT2D eigenvalue weighted by molar-refractivity contribution is -0.115. The average Bonchev–Trinajstić information content (AvgIpc) is 2.92. The number of aryl methyl sites for hydroxylation is 1. The minimum Gasteiger partial charge on any atom is -0.360 e. The van der Waals surface area contributed by atoms with Gasteiger partial charge in [0.1, 0.15) is 16.7 Å². The van der Waals surface area contributed by atoms with Crippen LogP contribution in [-0.2, 0) is 4.79 Å². The molecule has 0 unspecified atom stereocenters. The summed E-state index contributed by atoms with van der Waals surface area (Å²) in [6.45, 7) is 1.88. The van der Waals surface area contributed by atoms with E-state index in [9.17, 15) is 4.79 Å². The number of benzene rings is 1. The topological polar surface area (TPSA) is 71.3 Å². The summed E-state index contributed by atoms with van der Waals surface area (Å²) in [5.41, 5.74) is 0. The van der Waals surface area contributed by atoms with Gasteiger partial charge >= 0.3 is 0 Å². The van der Waals surface area contributed by atoms with Gasteiger partial charge in [-0.25, -0.2) is 4.98 Å². The second-order valence-electron chi connectivity index (χ2n) is 5.22. The van der Waals surface area contributed by atoms with Gasteiger partial charge in [0, 0.05) is 18.5 Å². The highest BCUT2D eigenvalue weighted by Gasteiger charge is 2.12. The molecule has 118 valence electrons. The first-order chi connectivity index (χ1) is 11.0. The van der Waals surface area contributed by atoms with E-state index >= 15 is 0 Å². The summed E-state index contributed by atoms with van der Waals surface area (Å²) in [7, 11) is 1.78.